The number of benzene rings is 1. The summed E-state index contributed by atoms with van der Waals surface area (Å²) in [5.74, 6) is 0. The van der Waals surface area contributed by atoms with Crippen LogP contribution in [-0.2, 0) is 0 Å². The number of nitrogens with zero attached hydrogens (tertiary/aromatic N) is 1. The summed E-state index contributed by atoms with van der Waals surface area (Å²) in [6.07, 6.45) is 3.50. The first-order chi connectivity index (χ1) is 9.20. The molecular weight excluding hydrogens is 238 g/mol. The van der Waals surface area contributed by atoms with E-state index in [1.165, 1.54) is 18.5 Å². The molecule has 19 heavy (non-hydrogen) atoms. The Morgan fingerprint density at radius 1 is 1.37 bits per heavy atom. The highest BCUT2D eigenvalue weighted by Gasteiger charge is 2.16. The average Bonchev–Trinajstić information content (AvgIpc) is 2.65. The number of hydrogen-bond donors (Lipinski definition) is 3. The Morgan fingerprint density at radius 2 is 2.21 bits per heavy atom. The van der Waals surface area contributed by atoms with Gasteiger partial charge in [-0.2, -0.15) is 0 Å². The van der Waals surface area contributed by atoms with Crippen molar-refractivity contribution in [3.8, 4) is 0 Å². The topological polar surface area (TPSA) is 61.5 Å². The van der Waals surface area contributed by atoms with Crippen molar-refractivity contribution in [2.45, 2.75) is 32.2 Å². The van der Waals surface area contributed by atoms with Gasteiger partial charge >= 0.3 is 0 Å². The molecule has 1 aromatic carbocycles. The zero-order chi connectivity index (χ0) is 13.7. The summed E-state index contributed by atoms with van der Waals surface area (Å²) in [6.45, 7) is 5.14. The summed E-state index contributed by atoms with van der Waals surface area (Å²) in [5, 5.41) is 12.3. The van der Waals surface area contributed by atoms with E-state index < -0.39 is 0 Å². The zero-order valence-electron chi connectivity index (χ0n) is 11.7. The van der Waals surface area contributed by atoms with E-state index in [1.54, 1.807) is 0 Å². The van der Waals surface area contributed by atoms with Gasteiger partial charge in [-0.15, -0.1) is 0 Å². The Hall–Kier alpha value is -1.26. The summed E-state index contributed by atoms with van der Waals surface area (Å²) in [7, 11) is 0. The largest absolute Gasteiger partial charge is 0.399 e. The van der Waals surface area contributed by atoms with Gasteiger partial charge in [-0.05, 0) is 49.9 Å². The molecule has 0 spiro atoms. The number of aryl methyl sites for hydroxylation is 1. The van der Waals surface area contributed by atoms with Gasteiger partial charge in [0.25, 0.3) is 0 Å². The first kappa shape index (κ1) is 14.2. The summed E-state index contributed by atoms with van der Waals surface area (Å²) in [5.41, 5.74) is 9.16. The van der Waals surface area contributed by atoms with Crippen LogP contribution in [0.4, 0.5) is 11.4 Å². The second-order valence-corrected chi connectivity index (χ2v) is 5.33. The van der Waals surface area contributed by atoms with Crippen LogP contribution in [-0.4, -0.2) is 37.4 Å². The second-order valence-electron chi connectivity index (χ2n) is 5.33. The minimum atomic E-state index is 0.220. The maximum Gasteiger partial charge on any atom is 0.0556 e. The van der Waals surface area contributed by atoms with Crippen LogP contribution in [0.1, 0.15) is 24.8 Å². The smallest absolute Gasteiger partial charge is 0.0556 e. The molecule has 0 saturated carbocycles. The van der Waals surface area contributed by atoms with E-state index in [2.05, 4.69) is 29.3 Å². The molecule has 106 valence electrons. The van der Waals surface area contributed by atoms with Gasteiger partial charge < -0.3 is 21.1 Å². The number of anilines is 2. The molecule has 1 aliphatic rings. The molecule has 0 aromatic heterocycles. The van der Waals surface area contributed by atoms with Gasteiger partial charge in [0.15, 0.2) is 0 Å². The Labute approximate surface area is 115 Å². The van der Waals surface area contributed by atoms with Gasteiger partial charge in [-0.1, -0.05) is 0 Å². The maximum absolute atomic E-state index is 8.87. The van der Waals surface area contributed by atoms with E-state index in [0.717, 1.165) is 30.8 Å². The first-order valence-corrected chi connectivity index (χ1v) is 7.16. The quantitative estimate of drug-likeness (QED) is 0.721. The highest BCUT2D eigenvalue weighted by Crippen LogP contribution is 2.23. The predicted molar refractivity (Wildman–Crippen MR) is 80.5 cm³/mol. The minimum Gasteiger partial charge on any atom is -0.399 e. The standard InChI is InChI=1S/C15H25N3O/c1-12-11-14(4-5-15(12)16)18-8-2-3-13(6-9-18)17-7-10-19/h4-5,11,13,17,19H,2-3,6-10,16H2,1H3. The van der Waals surface area contributed by atoms with Crippen LogP contribution in [0.3, 0.4) is 0 Å². The second kappa shape index (κ2) is 6.78. The lowest BCUT2D eigenvalue weighted by Crippen LogP contribution is -2.32. The van der Waals surface area contributed by atoms with Crippen LogP contribution < -0.4 is 16.0 Å². The van der Waals surface area contributed by atoms with Crippen molar-refractivity contribution in [3.05, 3.63) is 23.8 Å². The molecule has 0 radical (unpaired) electrons. The maximum atomic E-state index is 8.87. The van der Waals surface area contributed by atoms with Crippen molar-refractivity contribution in [3.63, 3.8) is 0 Å². The van der Waals surface area contributed by atoms with Crippen molar-refractivity contribution in [2.24, 2.45) is 0 Å². The first-order valence-electron chi connectivity index (χ1n) is 7.16. The van der Waals surface area contributed by atoms with Gasteiger partial charge in [0.05, 0.1) is 6.61 Å². The third-order valence-corrected chi connectivity index (χ3v) is 3.89. The zero-order valence-corrected chi connectivity index (χ0v) is 11.7. The van der Waals surface area contributed by atoms with E-state index in [-0.39, 0.29) is 6.61 Å². The summed E-state index contributed by atoms with van der Waals surface area (Å²) < 4.78 is 0. The monoisotopic (exact) mass is 263 g/mol. The van der Waals surface area contributed by atoms with Crippen molar-refractivity contribution in [2.75, 3.05) is 36.9 Å². The number of rotatable bonds is 4. The van der Waals surface area contributed by atoms with E-state index >= 15 is 0 Å². The molecule has 4 N–H and O–H groups in total. The van der Waals surface area contributed by atoms with Gasteiger partial charge in [0.2, 0.25) is 0 Å². The summed E-state index contributed by atoms with van der Waals surface area (Å²) in [4.78, 5) is 2.44. The molecule has 1 heterocycles. The number of aliphatic hydroxyl groups excluding tert-OH is 1. The van der Waals surface area contributed by atoms with Crippen LogP contribution in [0.5, 0.6) is 0 Å². The number of nitrogens with one attached hydrogen (secondary N) is 1. The Bertz CT molecular complexity index is 408. The molecule has 4 heteroatoms. The fourth-order valence-electron chi connectivity index (χ4n) is 2.68. The normalized spacial score (nSPS) is 20.3. The minimum absolute atomic E-state index is 0.220. The molecule has 1 saturated heterocycles. The summed E-state index contributed by atoms with van der Waals surface area (Å²) >= 11 is 0. The Balaban J connectivity index is 1.96. The van der Waals surface area contributed by atoms with Crippen LogP contribution in [0, 0.1) is 6.92 Å². The van der Waals surface area contributed by atoms with Crippen LogP contribution in [0.15, 0.2) is 18.2 Å². The van der Waals surface area contributed by atoms with Crippen molar-refractivity contribution in [1.29, 1.82) is 0 Å². The van der Waals surface area contributed by atoms with Crippen LogP contribution in [0.2, 0.25) is 0 Å². The molecular formula is C15H25N3O. The van der Waals surface area contributed by atoms with Gasteiger partial charge in [-0.25, -0.2) is 0 Å². The number of hydrogen-bond acceptors (Lipinski definition) is 4. The molecule has 1 atom stereocenters. The van der Waals surface area contributed by atoms with Gasteiger partial charge in [-0.3, -0.25) is 0 Å². The molecule has 4 nitrogen and oxygen atoms in total. The van der Waals surface area contributed by atoms with Gasteiger partial charge in [0.1, 0.15) is 0 Å². The van der Waals surface area contributed by atoms with E-state index in [9.17, 15) is 0 Å². The number of nitrogen functional groups attached to an aromatic ring is 1. The molecule has 2 rings (SSSR count). The average molecular weight is 263 g/mol. The lowest BCUT2D eigenvalue weighted by atomic mass is 10.1. The third-order valence-electron chi connectivity index (χ3n) is 3.89. The molecule has 0 amide bonds. The van der Waals surface area contributed by atoms with Crippen molar-refractivity contribution >= 4 is 11.4 Å². The Morgan fingerprint density at radius 3 is 2.95 bits per heavy atom. The van der Waals surface area contributed by atoms with E-state index in [4.69, 9.17) is 10.8 Å². The summed E-state index contributed by atoms with van der Waals surface area (Å²) in [6, 6.07) is 6.82. The fraction of sp³-hybridized carbons (Fsp3) is 0.600. The SMILES string of the molecule is Cc1cc(N2CCCC(NCCO)CC2)ccc1N. The van der Waals surface area contributed by atoms with Crippen molar-refractivity contribution < 1.29 is 5.11 Å². The molecule has 1 fully saturated rings. The van der Waals surface area contributed by atoms with E-state index in [0.29, 0.717) is 12.6 Å². The third kappa shape index (κ3) is 3.85. The predicted octanol–water partition coefficient (Wildman–Crippen LogP) is 1.52. The highest BCUT2D eigenvalue weighted by atomic mass is 16.3. The molecule has 1 aliphatic heterocycles. The lowest BCUT2D eigenvalue weighted by molar-refractivity contribution is 0.281. The van der Waals surface area contributed by atoms with Crippen LogP contribution in [0.25, 0.3) is 0 Å². The number of aliphatic hydroxyl groups is 1. The molecule has 1 aromatic rings. The van der Waals surface area contributed by atoms with Crippen molar-refractivity contribution in [1.82, 2.24) is 5.32 Å². The fourth-order valence-corrected chi connectivity index (χ4v) is 2.68. The number of nitrogens with two attached hydrogens (primary N) is 1. The van der Waals surface area contributed by atoms with Gasteiger partial charge in [0, 0.05) is 37.1 Å². The molecule has 1 unspecified atom stereocenters. The molecule has 0 bridgehead atoms. The molecule has 0 aliphatic carbocycles. The van der Waals surface area contributed by atoms with E-state index in [1.807, 2.05) is 6.07 Å². The highest BCUT2D eigenvalue weighted by molar-refractivity contribution is 5.58. The lowest BCUT2D eigenvalue weighted by Gasteiger charge is -2.23. The van der Waals surface area contributed by atoms with Crippen LogP contribution >= 0.6 is 0 Å². The Kier molecular flexibility index (Phi) is 5.05.